The lowest BCUT2D eigenvalue weighted by Crippen LogP contribution is -2.31. The minimum absolute atomic E-state index is 0.0904. The molecule has 0 fully saturated rings. The monoisotopic (exact) mass is 285 g/mol. The van der Waals surface area contributed by atoms with Crippen LogP contribution in [0.15, 0.2) is 35.6 Å². The second-order valence-corrected chi connectivity index (χ2v) is 4.96. The van der Waals surface area contributed by atoms with Crippen molar-refractivity contribution >= 4 is 17.6 Å². The summed E-state index contributed by atoms with van der Waals surface area (Å²) in [5.41, 5.74) is 8.21. The maximum absolute atomic E-state index is 12.4. The number of nitrogens with two attached hydrogens (primary N) is 1. The normalized spacial score (nSPS) is 17.0. The Hall–Kier alpha value is -2.83. The molecule has 1 unspecified atom stereocenters. The zero-order valence-electron chi connectivity index (χ0n) is 11.4. The van der Waals surface area contributed by atoms with Gasteiger partial charge >= 0.3 is 0 Å². The van der Waals surface area contributed by atoms with Crippen LogP contribution in [0.2, 0.25) is 0 Å². The van der Waals surface area contributed by atoms with Gasteiger partial charge in [-0.3, -0.25) is 9.48 Å². The summed E-state index contributed by atoms with van der Waals surface area (Å²) in [7, 11) is 1.68. The first kappa shape index (κ1) is 13.2. The molecule has 7 heteroatoms. The fourth-order valence-corrected chi connectivity index (χ4v) is 2.52. The summed E-state index contributed by atoms with van der Waals surface area (Å²) < 4.78 is 1.48. The van der Waals surface area contributed by atoms with Crippen LogP contribution in [0.3, 0.4) is 0 Å². The van der Waals surface area contributed by atoms with Gasteiger partial charge in [0.25, 0.3) is 0 Å². The smallest absolute Gasteiger partial charge is 0.233 e. The van der Waals surface area contributed by atoms with Crippen molar-refractivity contribution in [1.82, 2.24) is 9.78 Å². The SMILES string of the molecule is Cn1ncc(C(N)=NO)c1NC(=O)C1Cc2ccccc21. The number of benzene rings is 1. The molecule has 0 bridgehead atoms. The van der Waals surface area contributed by atoms with Gasteiger partial charge in [0.05, 0.1) is 17.7 Å². The summed E-state index contributed by atoms with van der Waals surface area (Å²) >= 11 is 0. The van der Waals surface area contributed by atoms with E-state index >= 15 is 0 Å². The Morgan fingerprint density at radius 1 is 1.52 bits per heavy atom. The van der Waals surface area contributed by atoms with E-state index in [9.17, 15) is 4.79 Å². The van der Waals surface area contributed by atoms with Crippen molar-refractivity contribution in [2.24, 2.45) is 17.9 Å². The predicted molar refractivity (Wildman–Crippen MR) is 77.2 cm³/mol. The highest BCUT2D eigenvalue weighted by Gasteiger charge is 2.32. The number of rotatable bonds is 3. The van der Waals surface area contributed by atoms with Crippen molar-refractivity contribution in [3.8, 4) is 0 Å². The second kappa shape index (κ2) is 4.93. The number of hydrogen-bond acceptors (Lipinski definition) is 4. The van der Waals surface area contributed by atoms with Crippen LogP contribution in [0.4, 0.5) is 5.82 Å². The van der Waals surface area contributed by atoms with Crippen LogP contribution in [-0.4, -0.2) is 26.7 Å². The van der Waals surface area contributed by atoms with Crippen LogP contribution in [0.25, 0.3) is 0 Å². The highest BCUT2D eigenvalue weighted by molar-refractivity contribution is 6.06. The summed E-state index contributed by atoms with van der Waals surface area (Å²) in [5.74, 6) is 0.0348. The van der Waals surface area contributed by atoms with Gasteiger partial charge in [0.1, 0.15) is 5.82 Å². The largest absolute Gasteiger partial charge is 0.409 e. The molecular weight excluding hydrogens is 270 g/mol. The van der Waals surface area contributed by atoms with Crippen molar-refractivity contribution in [2.45, 2.75) is 12.3 Å². The number of amides is 1. The molecule has 0 aliphatic heterocycles. The first-order valence-electron chi connectivity index (χ1n) is 6.50. The fourth-order valence-electron chi connectivity index (χ4n) is 2.52. The Morgan fingerprint density at radius 2 is 2.29 bits per heavy atom. The molecule has 7 nitrogen and oxygen atoms in total. The number of nitrogens with one attached hydrogen (secondary N) is 1. The third kappa shape index (κ3) is 2.12. The van der Waals surface area contributed by atoms with E-state index in [4.69, 9.17) is 10.9 Å². The molecule has 21 heavy (non-hydrogen) atoms. The standard InChI is InChI=1S/C14H15N5O2/c1-19-13(11(7-16-19)12(15)18-21)17-14(20)10-6-8-4-2-3-5-9(8)10/h2-5,7,10,21H,6H2,1H3,(H2,15,18)(H,17,20). The molecule has 0 saturated heterocycles. The maximum atomic E-state index is 12.4. The highest BCUT2D eigenvalue weighted by Crippen LogP contribution is 2.35. The summed E-state index contributed by atoms with van der Waals surface area (Å²) in [6.45, 7) is 0. The van der Waals surface area contributed by atoms with E-state index in [-0.39, 0.29) is 17.7 Å². The van der Waals surface area contributed by atoms with Crippen molar-refractivity contribution in [3.05, 3.63) is 47.2 Å². The van der Waals surface area contributed by atoms with Gasteiger partial charge < -0.3 is 16.3 Å². The molecule has 0 saturated carbocycles. The molecule has 1 aromatic heterocycles. The van der Waals surface area contributed by atoms with Crippen LogP contribution >= 0.6 is 0 Å². The number of fused-ring (bicyclic) bond motifs is 1. The molecule has 2 aromatic rings. The predicted octanol–water partition coefficient (Wildman–Crippen LogP) is 0.793. The zero-order valence-corrected chi connectivity index (χ0v) is 11.4. The highest BCUT2D eigenvalue weighted by atomic mass is 16.4. The first-order chi connectivity index (χ1) is 10.1. The zero-order chi connectivity index (χ0) is 15.0. The lowest BCUT2D eigenvalue weighted by molar-refractivity contribution is -0.118. The summed E-state index contributed by atoms with van der Waals surface area (Å²) in [6.07, 6.45) is 2.16. The van der Waals surface area contributed by atoms with E-state index in [1.807, 2.05) is 24.3 Å². The number of anilines is 1. The van der Waals surface area contributed by atoms with Crippen LogP contribution < -0.4 is 11.1 Å². The summed E-state index contributed by atoms with van der Waals surface area (Å²) in [6, 6.07) is 7.86. The van der Waals surface area contributed by atoms with Crippen LogP contribution in [-0.2, 0) is 18.3 Å². The molecule has 1 heterocycles. The number of oxime groups is 1. The molecule has 0 spiro atoms. The Labute approximate surface area is 121 Å². The molecule has 1 aromatic carbocycles. The van der Waals surface area contributed by atoms with Gasteiger partial charge in [-0.15, -0.1) is 0 Å². The van der Waals surface area contributed by atoms with Crippen molar-refractivity contribution in [2.75, 3.05) is 5.32 Å². The van der Waals surface area contributed by atoms with Gasteiger partial charge in [-0.2, -0.15) is 5.10 Å². The molecule has 1 aliphatic rings. The van der Waals surface area contributed by atoms with E-state index in [0.29, 0.717) is 11.4 Å². The fraction of sp³-hybridized carbons (Fsp3) is 0.214. The number of carbonyl (C=O) groups is 1. The summed E-state index contributed by atoms with van der Waals surface area (Å²) in [4.78, 5) is 12.4. The number of amidine groups is 1. The van der Waals surface area contributed by atoms with E-state index in [2.05, 4.69) is 15.6 Å². The average molecular weight is 285 g/mol. The lowest BCUT2D eigenvalue weighted by Gasteiger charge is -2.28. The van der Waals surface area contributed by atoms with E-state index < -0.39 is 0 Å². The van der Waals surface area contributed by atoms with Crippen molar-refractivity contribution in [1.29, 1.82) is 0 Å². The molecular formula is C14H15N5O2. The maximum Gasteiger partial charge on any atom is 0.233 e. The van der Waals surface area contributed by atoms with Gasteiger partial charge in [-0.25, -0.2) is 0 Å². The van der Waals surface area contributed by atoms with Gasteiger partial charge in [-0.05, 0) is 17.5 Å². The molecule has 3 rings (SSSR count). The number of carbonyl (C=O) groups excluding carboxylic acids is 1. The lowest BCUT2D eigenvalue weighted by atomic mass is 9.77. The van der Waals surface area contributed by atoms with E-state index in [0.717, 1.165) is 12.0 Å². The molecule has 1 amide bonds. The van der Waals surface area contributed by atoms with Gasteiger partial charge in [-0.1, -0.05) is 29.4 Å². The number of nitrogens with zero attached hydrogens (tertiary/aromatic N) is 3. The Bertz CT molecular complexity index is 735. The molecule has 108 valence electrons. The minimum Gasteiger partial charge on any atom is -0.409 e. The Morgan fingerprint density at radius 3 is 3.00 bits per heavy atom. The van der Waals surface area contributed by atoms with E-state index in [1.165, 1.54) is 16.4 Å². The number of aromatic nitrogens is 2. The summed E-state index contributed by atoms with van der Waals surface area (Å²) in [5, 5.41) is 18.5. The van der Waals surface area contributed by atoms with Gasteiger partial charge in [0.2, 0.25) is 5.91 Å². The third-order valence-electron chi connectivity index (χ3n) is 3.74. The van der Waals surface area contributed by atoms with Crippen molar-refractivity contribution in [3.63, 3.8) is 0 Å². The topological polar surface area (TPSA) is 106 Å². The third-order valence-corrected chi connectivity index (χ3v) is 3.74. The van der Waals surface area contributed by atoms with Crippen LogP contribution in [0, 0.1) is 0 Å². The quantitative estimate of drug-likeness (QED) is 0.335. The molecule has 1 aliphatic carbocycles. The minimum atomic E-state index is -0.170. The Balaban J connectivity index is 1.83. The molecule has 1 atom stereocenters. The second-order valence-electron chi connectivity index (χ2n) is 4.96. The number of aryl methyl sites for hydroxylation is 1. The van der Waals surface area contributed by atoms with Crippen LogP contribution in [0.5, 0.6) is 0 Å². The number of hydrogen-bond donors (Lipinski definition) is 3. The molecule has 0 radical (unpaired) electrons. The van der Waals surface area contributed by atoms with Gasteiger partial charge in [0.15, 0.2) is 5.84 Å². The average Bonchev–Trinajstić information content (AvgIpc) is 2.81. The Kier molecular flexibility index (Phi) is 3.09. The van der Waals surface area contributed by atoms with E-state index in [1.54, 1.807) is 7.05 Å². The van der Waals surface area contributed by atoms with Crippen molar-refractivity contribution < 1.29 is 10.0 Å². The first-order valence-corrected chi connectivity index (χ1v) is 6.50. The van der Waals surface area contributed by atoms with Crippen LogP contribution in [0.1, 0.15) is 22.6 Å². The van der Waals surface area contributed by atoms with Gasteiger partial charge in [0, 0.05) is 7.05 Å². The molecule has 4 N–H and O–H groups in total.